The number of sulfonamides is 1. The number of benzene rings is 3. The normalized spacial score (nSPS) is 25.9. The molecule has 1 aliphatic heterocycles. The van der Waals surface area contributed by atoms with Gasteiger partial charge in [0, 0.05) is 24.5 Å². The van der Waals surface area contributed by atoms with Crippen molar-refractivity contribution in [1.82, 2.24) is 4.72 Å². The van der Waals surface area contributed by atoms with Crippen LogP contribution >= 0.6 is 0 Å². The van der Waals surface area contributed by atoms with Crippen molar-refractivity contribution in [2.45, 2.75) is 29.6 Å². The van der Waals surface area contributed by atoms with Crippen LogP contribution in [-0.2, 0) is 26.0 Å². The highest BCUT2D eigenvalue weighted by molar-refractivity contribution is 7.90. The number of fused-ring (bicyclic) bond motifs is 3. The predicted molar refractivity (Wildman–Crippen MR) is 153 cm³/mol. The largest absolute Gasteiger partial charge is 0.497 e. The Labute approximate surface area is 244 Å². The van der Waals surface area contributed by atoms with E-state index in [4.69, 9.17) is 25.4 Å². The minimum atomic E-state index is -4.16. The fraction of sp³-hybridized carbons (Fsp3) is 0.323. The van der Waals surface area contributed by atoms with Gasteiger partial charge >= 0.3 is 0 Å². The first-order valence-corrected chi connectivity index (χ1v) is 14.8. The van der Waals surface area contributed by atoms with Crippen molar-refractivity contribution in [2.24, 2.45) is 5.92 Å². The first-order valence-electron chi connectivity index (χ1n) is 13.1. The molecule has 1 saturated carbocycles. The highest BCUT2D eigenvalue weighted by Gasteiger charge is 2.78. The van der Waals surface area contributed by atoms with Crippen molar-refractivity contribution in [2.75, 3.05) is 27.1 Å². The second-order valence-corrected chi connectivity index (χ2v) is 12.0. The van der Waals surface area contributed by atoms with E-state index in [-0.39, 0.29) is 23.5 Å². The lowest BCUT2D eigenvalue weighted by molar-refractivity contribution is -0.154. The molecule has 0 spiro atoms. The molecule has 10 nitrogen and oxygen atoms in total. The molecule has 1 heterocycles. The number of methoxy groups -OCH3 is 3. The summed E-state index contributed by atoms with van der Waals surface area (Å²) in [5.41, 5.74) is -3.13. The highest BCUT2D eigenvalue weighted by Crippen LogP contribution is 2.70. The quantitative estimate of drug-likeness (QED) is 0.319. The highest BCUT2D eigenvalue weighted by atomic mass is 32.2. The zero-order valence-electron chi connectivity index (χ0n) is 23.2. The van der Waals surface area contributed by atoms with Gasteiger partial charge in [-0.25, -0.2) is 8.42 Å². The number of aliphatic hydroxyl groups excluding tert-OH is 1. The van der Waals surface area contributed by atoms with E-state index in [1.165, 1.54) is 27.4 Å². The Balaban J connectivity index is 1.81. The summed E-state index contributed by atoms with van der Waals surface area (Å²) in [4.78, 5) is 13.9. The summed E-state index contributed by atoms with van der Waals surface area (Å²) >= 11 is 0. The van der Waals surface area contributed by atoms with E-state index in [0.717, 1.165) is 0 Å². The van der Waals surface area contributed by atoms with Crippen LogP contribution in [0.3, 0.4) is 0 Å². The van der Waals surface area contributed by atoms with Crippen molar-refractivity contribution < 1.29 is 42.4 Å². The maximum absolute atomic E-state index is 13.9. The first-order chi connectivity index (χ1) is 20.1. The minimum Gasteiger partial charge on any atom is -0.497 e. The molecule has 0 unspecified atom stereocenters. The summed E-state index contributed by atoms with van der Waals surface area (Å²) in [6.45, 7) is 0. The molecule has 0 bridgehead atoms. The maximum Gasteiger partial charge on any atom is 0.240 e. The average Bonchev–Trinajstić information content (AvgIpc) is 3.38. The lowest BCUT2D eigenvalue weighted by Crippen LogP contribution is -2.52. The van der Waals surface area contributed by atoms with Gasteiger partial charge in [0.2, 0.25) is 15.9 Å². The number of hydrogen-bond donors (Lipinski definition) is 3. The number of nitrogens with one attached hydrogen (secondary N) is 1. The molecule has 42 heavy (non-hydrogen) atoms. The van der Waals surface area contributed by atoms with Crippen LogP contribution in [0.2, 0.25) is 0 Å². The van der Waals surface area contributed by atoms with Crippen molar-refractivity contribution in [3.8, 4) is 35.3 Å². The monoisotopic (exact) mass is 593 g/mol. The number of carbonyl (C=O) groups is 1. The van der Waals surface area contributed by atoms with Crippen LogP contribution < -0.4 is 23.7 Å². The van der Waals surface area contributed by atoms with Crippen LogP contribution in [0.25, 0.3) is 0 Å². The zero-order valence-corrected chi connectivity index (χ0v) is 24.1. The molecule has 0 radical (unpaired) electrons. The molecular weight excluding hydrogens is 562 g/mol. The van der Waals surface area contributed by atoms with Gasteiger partial charge in [-0.05, 0) is 23.3 Å². The van der Waals surface area contributed by atoms with E-state index >= 15 is 0 Å². The molecule has 2 aliphatic rings. The summed E-state index contributed by atoms with van der Waals surface area (Å²) in [6, 6.07) is 18.5. The third kappa shape index (κ3) is 4.34. The average molecular weight is 594 g/mol. The molecule has 5 atom stereocenters. The number of ether oxygens (including phenoxy) is 4. The number of amides is 1. The molecule has 3 N–H and O–H groups in total. The predicted octanol–water partition coefficient (Wildman–Crippen LogP) is 2.43. The zero-order chi connectivity index (χ0) is 30.3. The van der Waals surface area contributed by atoms with Gasteiger partial charge in [0.05, 0.1) is 38.6 Å². The van der Waals surface area contributed by atoms with Crippen molar-refractivity contribution >= 4 is 15.9 Å². The topological polar surface area (TPSA) is 141 Å². The molecule has 1 fully saturated rings. The summed E-state index contributed by atoms with van der Waals surface area (Å²) < 4.78 is 50.7. The van der Waals surface area contributed by atoms with Crippen LogP contribution in [0.4, 0.5) is 0 Å². The van der Waals surface area contributed by atoms with E-state index in [1.807, 2.05) is 0 Å². The van der Waals surface area contributed by atoms with Gasteiger partial charge in [-0.15, -0.1) is 12.3 Å². The number of carbonyl (C=O) groups excluding carboxylic acids is 1. The third-order valence-corrected chi connectivity index (χ3v) is 9.28. The molecule has 0 saturated heterocycles. The SMILES string of the molecule is C#CCCS(=O)(=O)NC(=O)[C@H]1[C@@H](O)[C@@]2(O)c3c(OC)cc(OC)cc3O[C@@]2(c2ccc(OC)cc2)[C@@H]1c1ccccc1. The van der Waals surface area contributed by atoms with E-state index in [2.05, 4.69) is 10.6 Å². The van der Waals surface area contributed by atoms with Crippen LogP contribution in [0.1, 0.15) is 29.0 Å². The molecular formula is C31H31NO9S. The van der Waals surface area contributed by atoms with Crippen molar-refractivity contribution in [1.29, 1.82) is 0 Å². The molecule has 0 aromatic heterocycles. The molecule has 1 aliphatic carbocycles. The Kier molecular flexibility index (Phi) is 7.57. The fourth-order valence-corrected chi connectivity index (χ4v) is 7.19. The Bertz CT molecular complexity index is 1640. The van der Waals surface area contributed by atoms with Gasteiger partial charge in [-0.3, -0.25) is 9.52 Å². The number of terminal acetylenes is 1. The van der Waals surface area contributed by atoms with Gasteiger partial charge in [0.15, 0.2) is 11.2 Å². The third-order valence-electron chi connectivity index (χ3n) is 8.03. The summed E-state index contributed by atoms with van der Waals surface area (Å²) in [5, 5.41) is 24.9. The van der Waals surface area contributed by atoms with Crippen LogP contribution in [0, 0.1) is 18.3 Å². The lowest BCUT2D eigenvalue weighted by atomic mass is 9.70. The molecule has 220 valence electrons. The number of aliphatic hydroxyl groups is 2. The molecule has 1 amide bonds. The summed E-state index contributed by atoms with van der Waals surface area (Å²) in [5.74, 6) is -0.639. The van der Waals surface area contributed by atoms with Crippen LogP contribution in [0.5, 0.6) is 23.0 Å². The first kappa shape index (κ1) is 29.3. The Morgan fingerprint density at radius 1 is 1.02 bits per heavy atom. The second kappa shape index (κ2) is 10.9. The van der Waals surface area contributed by atoms with Crippen molar-refractivity contribution in [3.63, 3.8) is 0 Å². The standard InChI is InChI=1S/C31H31NO9S/c1-5-6-16-42(36,37)32-29(34)25-26(19-10-8-7-9-11-19)31(20-12-14-21(38-2)15-13-20)30(35,28(25)33)27-23(40-4)17-22(39-3)18-24(27)41-31/h1,7-15,17-18,25-26,28,33,35H,6,16H2,2-4H3,(H,32,34)/t25-,26-,28-,30+,31+/m1/s1. The Hall–Kier alpha value is -4.24. The van der Waals surface area contributed by atoms with Gasteiger partial charge in [-0.2, -0.15) is 0 Å². The Morgan fingerprint density at radius 3 is 2.29 bits per heavy atom. The van der Waals surface area contributed by atoms with E-state index < -0.39 is 50.8 Å². The van der Waals surface area contributed by atoms with E-state index in [0.29, 0.717) is 22.6 Å². The minimum absolute atomic E-state index is 0.0977. The number of hydrogen-bond acceptors (Lipinski definition) is 9. The molecule has 3 aromatic carbocycles. The fourth-order valence-electron chi connectivity index (χ4n) is 6.26. The number of rotatable bonds is 9. The van der Waals surface area contributed by atoms with Crippen LogP contribution in [-0.4, -0.2) is 57.7 Å². The van der Waals surface area contributed by atoms with Crippen LogP contribution in [0.15, 0.2) is 66.7 Å². The summed E-state index contributed by atoms with van der Waals surface area (Å²) in [6.07, 6.45) is 3.25. The summed E-state index contributed by atoms with van der Waals surface area (Å²) in [7, 11) is 0.206. The smallest absolute Gasteiger partial charge is 0.240 e. The van der Waals surface area contributed by atoms with Gasteiger partial charge in [-0.1, -0.05) is 42.5 Å². The molecule has 11 heteroatoms. The van der Waals surface area contributed by atoms with E-state index in [9.17, 15) is 23.4 Å². The lowest BCUT2D eigenvalue weighted by Gasteiger charge is -2.40. The molecule has 5 rings (SSSR count). The van der Waals surface area contributed by atoms with Gasteiger partial charge in [0.1, 0.15) is 29.1 Å². The maximum atomic E-state index is 13.9. The Morgan fingerprint density at radius 2 is 1.69 bits per heavy atom. The van der Waals surface area contributed by atoms with Crippen molar-refractivity contribution in [3.05, 3.63) is 83.4 Å². The van der Waals surface area contributed by atoms with Gasteiger partial charge in [0.25, 0.3) is 0 Å². The molecule has 3 aromatic rings. The second-order valence-electron chi connectivity index (χ2n) is 10.1. The van der Waals surface area contributed by atoms with E-state index in [1.54, 1.807) is 60.7 Å². The van der Waals surface area contributed by atoms with Gasteiger partial charge < -0.3 is 29.2 Å².